The summed E-state index contributed by atoms with van der Waals surface area (Å²) in [6, 6.07) is 0. The molecular formula is C13H24N2O2. The van der Waals surface area contributed by atoms with Gasteiger partial charge in [-0.1, -0.05) is 0 Å². The SMILES string of the molecule is CC(C)(C)OC(=O)N1CC2CCCNCC2C1. The van der Waals surface area contributed by atoms with Gasteiger partial charge >= 0.3 is 6.09 Å². The first-order valence-corrected chi connectivity index (χ1v) is 6.64. The van der Waals surface area contributed by atoms with Crippen molar-refractivity contribution in [1.29, 1.82) is 0 Å². The summed E-state index contributed by atoms with van der Waals surface area (Å²) in [6.45, 7) is 9.65. The van der Waals surface area contributed by atoms with E-state index < -0.39 is 0 Å². The molecule has 0 radical (unpaired) electrons. The lowest BCUT2D eigenvalue weighted by Crippen LogP contribution is -2.36. The summed E-state index contributed by atoms with van der Waals surface area (Å²) in [5, 5.41) is 3.45. The van der Waals surface area contributed by atoms with E-state index >= 15 is 0 Å². The van der Waals surface area contributed by atoms with Crippen LogP contribution >= 0.6 is 0 Å². The van der Waals surface area contributed by atoms with E-state index in [2.05, 4.69) is 5.32 Å². The number of carbonyl (C=O) groups excluding carboxylic acids is 1. The topological polar surface area (TPSA) is 41.6 Å². The number of fused-ring (bicyclic) bond motifs is 1. The highest BCUT2D eigenvalue weighted by Gasteiger charge is 2.37. The summed E-state index contributed by atoms with van der Waals surface area (Å²) in [5.41, 5.74) is -0.389. The minimum Gasteiger partial charge on any atom is -0.444 e. The predicted molar refractivity (Wildman–Crippen MR) is 66.9 cm³/mol. The van der Waals surface area contributed by atoms with Gasteiger partial charge in [0.25, 0.3) is 0 Å². The third-order valence-corrected chi connectivity index (χ3v) is 3.56. The zero-order valence-electron chi connectivity index (χ0n) is 11.2. The van der Waals surface area contributed by atoms with Gasteiger partial charge in [-0.3, -0.25) is 0 Å². The average molecular weight is 240 g/mol. The summed E-state index contributed by atoms with van der Waals surface area (Å²) < 4.78 is 5.43. The van der Waals surface area contributed by atoms with E-state index in [4.69, 9.17) is 4.74 Å². The Hall–Kier alpha value is -0.770. The Balaban J connectivity index is 1.90. The van der Waals surface area contributed by atoms with Crippen LogP contribution in [-0.2, 0) is 4.74 Å². The number of likely N-dealkylation sites (tertiary alicyclic amines) is 1. The van der Waals surface area contributed by atoms with Crippen molar-refractivity contribution in [2.45, 2.75) is 39.2 Å². The van der Waals surface area contributed by atoms with Gasteiger partial charge in [0, 0.05) is 13.1 Å². The number of nitrogens with one attached hydrogen (secondary N) is 1. The van der Waals surface area contributed by atoms with E-state index in [1.165, 1.54) is 12.8 Å². The van der Waals surface area contributed by atoms with E-state index in [-0.39, 0.29) is 11.7 Å². The third-order valence-electron chi connectivity index (χ3n) is 3.56. The largest absolute Gasteiger partial charge is 0.444 e. The molecule has 0 aromatic rings. The lowest BCUT2D eigenvalue weighted by Gasteiger charge is -2.24. The number of rotatable bonds is 0. The molecule has 1 N–H and O–H groups in total. The van der Waals surface area contributed by atoms with Crippen LogP contribution in [0.5, 0.6) is 0 Å². The molecule has 0 spiro atoms. The highest BCUT2D eigenvalue weighted by Crippen LogP contribution is 2.29. The van der Waals surface area contributed by atoms with Crippen molar-refractivity contribution in [3.63, 3.8) is 0 Å². The lowest BCUT2D eigenvalue weighted by atomic mass is 9.93. The predicted octanol–water partition coefficient (Wildman–Crippen LogP) is 1.85. The van der Waals surface area contributed by atoms with Crippen LogP contribution < -0.4 is 5.32 Å². The van der Waals surface area contributed by atoms with Crippen LogP contribution in [0.25, 0.3) is 0 Å². The van der Waals surface area contributed by atoms with E-state index in [1.54, 1.807) is 0 Å². The van der Waals surface area contributed by atoms with Crippen molar-refractivity contribution >= 4 is 6.09 Å². The lowest BCUT2D eigenvalue weighted by molar-refractivity contribution is 0.0283. The van der Waals surface area contributed by atoms with E-state index in [1.807, 2.05) is 25.7 Å². The molecule has 2 atom stereocenters. The zero-order valence-corrected chi connectivity index (χ0v) is 11.2. The average Bonchev–Trinajstić information content (AvgIpc) is 2.48. The zero-order chi connectivity index (χ0) is 12.5. The molecule has 0 aromatic carbocycles. The maximum Gasteiger partial charge on any atom is 0.410 e. The molecule has 0 saturated carbocycles. The van der Waals surface area contributed by atoms with Crippen LogP contribution in [0.1, 0.15) is 33.6 Å². The highest BCUT2D eigenvalue weighted by molar-refractivity contribution is 5.68. The van der Waals surface area contributed by atoms with Gasteiger partial charge in [0.15, 0.2) is 0 Å². The fourth-order valence-corrected chi connectivity index (χ4v) is 2.75. The molecule has 2 aliphatic rings. The Morgan fingerprint density at radius 3 is 2.71 bits per heavy atom. The Morgan fingerprint density at radius 2 is 2.00 bits per heavy atom. The quantitative estimate of drug-likeness (QED) is 0.702. The Labute approximate surface area is 104 Å². The van der Waals surface area contributed by atoms with E-state index in [0.717, 1.165) is 26.2 Å². The molecule has 2 saturated heterocycles. The van der Waals surface area contributed by atoms with Crippen molar-refractivity contribution < 1.29 is 9.53 Å². The Kier molecular flexibility index (Phi) is 3.61. The maximum absolute atomic E-state index is 12.0. The minimum atomic E-state index is -0.389. The summed E-state index contributed by atoms with van der Waals surface area (Å²) in [5.74, 6) is 1.28. The second-order valence-electron chi connectivity index (χ2n) is 6.25. The number of nitrogens with zero attached hydrogens (tertiary/aromatic N) is 1. The Bertz CT molecular complexity index is 272. The molecule has 4 heteroatoms. The van der Waals surface area contributed by atoms with Crippen LogP contribution in [0.15, 0.2) is 0 Å². The van der Waals surface area contributed by atoms with Crippen molar-refractivity contribution in [2.24, 2.45) is 11.8 Å². The fourth-order valence-electron chi connectivity index (χ4n) is 2.75. The molecule has 0 aliphatic carbocycles. The summed E-state index contributed by atoms with van der Waals surface area (Å²) in [7, 11) is 0. The van der Waals surface area contributed by atoms with Crippen molar-refractivity contribution in [3.8, 4) is 0 Å². The summed E-state index contributed by atoms with van der Waals surface area (Å²) in [6.07, 6.45) is 2.31. The third kappa shape index (κ3) is 3.35. The molecule has 1 amide bonds. The van der Waals surface area contributed by atoms with Crippen molar-refractivity contribution in [1.82, 2.24) is 10.2 Å². The number of ether oxygens (including phenoxy) is 1. The second kappa shape index (κ2) is 4.84. The van der Waals surface area contributed by atoms with Gasteiger partial charge in [0.2, 0.25) is 0 Å². The summed E-state index contributed by atoms with van der Waals surface area (Å²) >= 11 is 0. The highest BCUT2D eigenvalue weighted by atomic mass is 16.6. The maximum atomic E-state index is 12.0. The molecule has 2 unspecified atom stereocenters. The number of hydrogen-bond donors (Lipinski definition) is 1. The van der Waals surface area contributed by atoms with Crippen LogP contribution in [-0.4, -0.2) is 42.8 Å². The molecule has 0 aromatic heterocycles. The molecule has 2 aliphatic heterocycles. The van der Waals surface area contributed by atoms with Crippen molar-refractivity contribution in [3.05, 3.63) is 0 Å². The fraction of sp³-hybridized carbons (Fsp3) is 0.923. The van der Waals surface area contributed by atoms with Crippen LogP contribution in [0.3, 0.4) is 0 Å². The molecule has 2 heterocycles. The van der Waals surface area contributed by atoms with Gasteiger partial charge in [0.05, 0.1) is 0 Å². The van der Waals surface area contributed by atoms with Gasteiger partial charge in [-0.15, -0.1) is 0 Å². The van der Waals surface area contributed by atoms with Gasteiger partial charge in [0.1, 0.15) is 5.60 Å². The standard InChI is InChI=1S/C13H24N2O2/c1-13(2,3)17-12(16)15-8-10-5-4-6-14-7-11(10)9-15/h10-11,14H,4-9H2,1-3H3. The van der Waals surface area contributed by atoms with Crippen molar-refractivity contribution in [2.75, 3.05) is 26.2 Å². The van der Waals surface area contributed by atoms with E-state index in [0.29, 0.717) is 11.8 Å². The molecule has 17 heavy (non-hydrogen) atoms. The number of carbonyl (C=O) groups is 1. The molecule has 2 rings (SSSR count). The molecule has 98 valence electrons. The second-order valence-corrected chi connectivity index (χ2v) is 6.25. The van der Waals surface area contributed by atoms with Gasteiger partial charge in [-0.2, -0.15) is 0 Å². The minimum absolute atomic E-state index is 0.148. The van der Waals surface area contributed by atoms with E-state index in [9.17, 15) is 4.79 Å². The first-order valence-electron chi connectivity index (χ1n) is 6.64. The summed E-state index contributed by atoms with van der Waals surface area (Å²) in [4.78, 5) is 13.9. The smallest absolute Gasteiger partial charge is 0.410 e. The molecule has 4 nitrogen and oxygen atoms in total. The molecule has 2 fully saturated rings. The monoisotopic (exact) mass is 240 g/mol. The normalized spacial score (nSPS) is 29.7. The molecular weight excluding hydrogens is 216 g/mol. The molecule has 0 bridgehead atoms. The van der Waals surface area contributed by atoms with Crippen LogP contribution in [0, 0.1) is 11.8 Å². The first-order chi connectivity index (χ1) is 7.96. The van der Waals surface area contributed by atoms with Gasteiger partial charge in [-0.05, 0) is 58.5 Å². The van der Waals surface area contributed by atoms with Crippen LogP contribution in [0.2, 0.25) is 0 Å². The first kappa shape index (κ1) is 12.7. The van der Waals surface area contributed by atoms with Gasteiger partial charge in [-0.25, -0.2) is 4.79 Å². The van der Waals surface area contributed by atoms with Crippen LogP contribution in [0.4, 0.5) is 4.79 Å². The Morgan fingerprint density at radius 1 is 1.29 bits per heavy atom. The number of amides is 1. The number of hydrogen-bond acceptors (Lipinski definition) is 3. The van der Waals surface area contributed by atoms with Gasteiger partial charge < -0.3 is 15.0 Å².